The minimum Gasteiger partial charge on any atom is -0.493 e. The molecule has 3 aromatic rings. The first-order valence-corrected chi connectivity index (χ1v) is 12.9. The number of nitrogen functional groups attached to an aromatic ring is 1. The van der Waals surface area contributed by atoms with Gasteiger partial charge in [0, 0.05) is 52.1 Å². The summed E-state index contributed by atoms with van der Waals surface area (Å²) in [6.07, 6.45) is 3.54. The van der Waals surface area contributed by atoms with Gasteiger partial charge in [-0.1, -0.05) is 66.7 Å². The van der Waals surface area contributed by atoms with E-state index in [1.165, 1.54) is 0 Å². The van der Waals surface area contributed by atoms with Crippen LogP contribution in [0.4, 0.5) is 5.69 Å². The van der Waals surface area contributed by atoms with Crippen molar-refractivity contribution in [3.63, 3.8) is 0 Å². The third kappa shape index (κ3) is 6.30. The zero-order valence-corrected chi connectivity index (χ0v) is 24.1. The Morgan fingerprint density at radius 3 is 2.16 bits per heavy atom. The van der Waals surface area contributed by atoms with Crippen LogP contribution in [-0.2, 0) is 18.3 Å². The highest BCUT2D eigenvalue weighted by molar-refractivity contribution is 6.09. The summed E-state index contributed by atoms with van der Waals surface area (Å²) in [7, 11) is 3.23. The van der Waals surface area contributed by atoms with Crippen molar-refractivity contribution in [2.45, 2.75) is 73.6 Å². The fourth-order valence-corrected chi connectivity index (χ4v) is 4.35. The Kier molecular flexibility index (Phi) is 8.31. The number of aliphatic imine (C=N–C) groups is 1. The summed E-state index contributed by atoms with van der Waals surface area (Å²) < 4.78 is 11.0. The van der Waals surface area contributed by atoms with Crippen LogP contribution in [0.2, 0.25) is 0 Å². The van der Waals surface area contributed by atoms with Crippen LogP contribution in [0.1, 0.15) is 78.0 Å². The lowest BCUT2D eigenvalue weighted by atomic mass is 9.84. The monoisotopic (exact) mass is 502 g/mol. The second-order valence-electron chi connectivity index (χ2n) is 11.4. The number of hydrogen-bond donors (Lipinski definition) is 1. The zero-order valence-electron chi connectivity index (χ0n) is 24.1. The second kappa shape index (κ2) is 10.9. The molecule has 2 N–H and O–H groups in total. The van der Waals surface area contributed by atoms with E-state index in [4.69, 9.17) is 30.2 Å². The molecule has 0 atom stereocenters. The van der Waals surface area contributed by atoms with E-state index in [-0.39, 0.29) is 10.8 Å². The predicted molar refractivity (Wildman–Crippen MR) is 155 cm³/mol. The molecule has 6 nitrogen and oxygen atoms in total. The summed E-state index contributed by atoms with van der Waals surface area (Å²) in [5.41, 5.74) is 12.7. The van der Waals surface area contributed by atoms with Gasteiger partial charge in [-0.05, 0) is 24.6 Å². The predicted octanol–water partition coefficient (Wildman–Crippen LogP) is 7.07. The van der Waals surface area contributed by atoms with E-state index in [0.29, 0.717) is 23.6 Å². The Hall–Kier alpha value is -3.41. The standard InChI is InChI=1S/C31H42N4O2/c1-11-20(33-29(31(6,7)8)22-17-25(36-9)26(37-10)18-23(22)32)15-19-13-14-21-24(16-19)34-27(12-2)35-28(21)30(3,4)5/h11,13-14,16-18H,12,15,32H2,1-10H3/b20-11-,33-29?. The molecular weight excluding hydrogens is 460 g/mol. The molecule has 0 aliphatic rings. The van der Waals surface area contributed by atoms with E-state index in [0.717, 1.165) is 51.4 Å². The Bertz CT molecular complexity index is 1340. The largest absolute Gasteiger partial charge is 0.493 e. The first-order valence-electron chi connectivity index (χ1n) is 12.9. The van der Waals surface area contributed by atoms with Crippen LogP contribution in [0.5, 0.6) is 11.5 Å². The number of ether oxygens (including phenoxy) is 2. The van der Waals surface area contributed by atoms with Crippen molar-refractivity contribution in [3.8, 4) is 11.5 Å². The van der Waals surface area contributed by atoms with Gasteiger partial charge in [0.1, 0.15) is 5.82 Å². The smallest absolute Gasteiger partial charge is 0.162 e. The van der Waals surface area contributed by atoms with Gasteiger partial charge in [-0.15, -0.1) is 0 Å². The summed E-state index contributed by atoms with van der Waals surface area (Å²) in [6, 6.07) is 10.2. The minimum atomic E-state index is -0.254. The molecule has 0 radical (unpaired) electrons. The van der Waals surface area contributed by atoms with Gasteiger partial charge in [-0.2, -0.15) is 0 Å². The minimum absolute atomic E-state index is 0.0631. The zero-order chi connectivity index (χ0) is 27.5. The van der Waals surface area contributed by atoms with Gasteiger partial charge in [0.05, 0.1) is 31.1 Å². The molecule has 0 aliphatic heterocycles. The molecule has 0 spiro atoms. The SMILES string of the molecule is C/C=C(/Cc1ccc2c(C(C)(C)C)nc(CC)nc2c1)N=C(c1cc(OC)c(OC)cc1N)C(C)(C)C. The summed E-state index contributed by atoms with van der Waals surface area (Å²) in [5.74, 6) is 2.10. The summed E-state index contributed by atoms with van der Waals surface area (Å²) in [6.45, 7) is 17.1. The molecule has 0 aliphatic carbocycles. The summed E-state index contributed by atoms with van der Waals surface area (Å²) in [5, 5.41) is 1.10. The summed E-state index contributed by atoms with van der Waals surface area (Å²) in [4.78, 5) is 14.9. The number of fused-ring (bicyclic) bond motifs is 1. The number of nitrogens with two attached hydrogens (primary N) is 1. The van der Waals surface area contributed by atoms with Crippen molar-refractivity contribution < 1.29 is 9.47 Å². The molecule has 3 rings (SSSR count). The van der Waals surface area contributed by atoms with Crippen molar-refractivity contribution >= 4 is 22.3 Å². The molecule has 1 aromatic heterocycles. The molecule has 37 heavy (non-hydrogen) atoms. The Morgan fingerprint density at radius 1 is 0.973 bits per heavy atom. The van der Waals surface area contributed by atoms with Gasteiger partial charge in [-0.25, -0.2) is 9.97 Å². The number of nitrogens with zero attached hydrogens (tertiary/aromatic N) is 3. The van der Waals surface area contributed by atoms with Gasteiger partial charge < -0.3 is 15.2 Å². The molecule has 2 aromatic carbocycles. The normalized spacial score (nSPS) is 13.2. The van der Waals surface area contributed by atoms with E-state index in [2.05, 4.69) is 72.7 Å². The highest BCUT2D eigenvalue weighted by atomic mass is 16.5. The second-order valence-corrected chi connectivity index (χ2v) is 11.4. The fourth-order valence-electron chi connectivity index (χ4n) is 4.35. The molecule has 6 heteroatoms. The first kappa shape index (κ1) is 28.2. The number of aromatic nitrogens is 2. The molecule has 0 unspecified atom stereocenters. The highest BCUT2D eigenvalue weighted by Crippen LogP contribution is 2.36. The Labute approximate surface area is 222 Å². The molecule has 0 fully saturated rings. The molecule has 0 bridgehead atoms. The number of anilines is 1. The maximum absolute atomic E-state index is 6.48. The third-order valence-electron chi connectivity index (χ3n) is 6.33. The molecule has 1 heterocycles. The van der Waals surface area contributed by atoms with Crippen molar-refractivity contribution in [1.82, 2.24) is 9.97 Å². The van der Waals surface area contributed by atoms with Gasteiger partial charge in [-0.3, -0.25) is 4.99 Å². The van der Waals surface area contributed by atoms with Crippen molar-refractivity contribution in [3.05, 3.63) is 64.8 Å². The van der Waals surface area contributed by atoms with Gasteiger partial charge in [0.2, 0.25) is 0 Å². The van der Waals surface area contributed by atoms with Crippen LogP contribution in [0.15, 0.2) is 47.1 Å². The third-order valence-corrected chi connectivity index (χ3v) is 6.33. The van der Waals surface area contributed by atoms with Crippen LogP contribution in [0.3, 0.4) is 0 Å². The molecule has 0 saturated carbocycles. The maximum Gasteiger partial charge on any atom is 0.162 e. The lowest BCUT2D eigenvalue weighted by Gasteiger charge is -2.25. The molecular formula is C31H42N4O2. The average molecular weight is 503 g/mol. The van der Waals surface area contributed by atoms with Gasteiger partial charge in [0.15, 0.2) is 11.5 Å². The van der Waals surface area contributed by atoms with Crippen LogP contribution in [-0.4, -0.2) is 29.9 Å². The first-order chi connectivity index (χ1) is 17.3. The van der Waals surface area contributed by atoms with Gasteiger partial charge >= 0.3 is 0 Å². The van der Waals surface area contributed by atoms with E-state index < -0.39 is 0 Å². The quantitative estimate of drug-likeness (QED) is 0.276. The van der Waals surface area contributed by atoms with Crippen LogP contribution < -0.4 is 15.2 Å². The van der Waals surface area contributed by atoms with E-state index in [9.17, 15) is 0 Å². The maximum atomic E-state index is 6.48. The van der Waals surface area contributed by atoms with Crippen molar-refractivity contribution in [2.24, 2.45) is 10.4 Å². The number of methoxy groups -OCH3 is 2. The Balaban J connectivity index is 2.08. The molecule has 0 saturated heterocycles. The van der Waals surface area contributed by atoms with Crippen LogP contribution >= 0.6 is 0 Å². The molecule has 0 amide bonds. The lowest BCUT2D eigenvalue weighted by molar-refractivity contribution is 0.355. The Morgan fingerprint density at radius 2 is 1.62 bits per heavy atom. The van der Waals surface area contributed by atoms with Crippen molar-refractivity contribution in [2.75, 3.05) is 20.0 Å². The molecule has 198 valence electrons. The number of aryl methyl sites for hydroxylation is 1. The fraction of sp³-hybridized carbons (Fsp3) is 0.452. The van der Waals surface area contributed by atoms with Crippen LogP contribution in [0.25, 0.3) is 10.9 Å². The van der Waals surface area contributed by atoms with Gasteiger partial charge in [0.25, 0.3) is 0 Å². The lowest BCUT2D eigenvalue weighted by Crippen LogP contribution is -2.23. The topological polar surface area (TPSA) is 82.6 Å². The summed E-state index contributed by atoms with van der Waals surface area (Å²) >= 11 is 0. The average Bonchev–Trinajstić information content (AvgIpc) is 2.84. The van der Waals surface area contributed by atoms with Crippen LogP contribution in [0, 0.1) is 5.41 Å². The number of rotatable bonds is 7. The number of hydrogen-bond acceptors (Lipinski definition) is 6. The van der Waals surface area contributed by atoms with E-state index in [1.54, 1.807) is 20.3 Å². The van der Waals surface area contributed by atoms with E-state index in [1.807, 2.05) is 13.0 Å². The van der Waals surface area contributed by atoms with E-state index >= 15 is 0 Å². The van der Waals surface area contributed by atoms with Crippen molar-refractivity contribution in [1.29, 1.82) is 0 Å². The number of allylic oxidation sites excluding steroid dienone is 2. The highest BCUT2D eigenvalue weighted by Gasteiger charge is 2.25. The number of benzene rings is 2.